The maximum absolute atomic E-state index is 11.5. The van der Waals surface area contributed by atoms with Gasteiger partial charge in [0.05, 0.1) is 18.5 Å². The Labute approximate surface area is 200 Å². The fraction of sp³-hybridized carbons (Fsp3) is 0.429. The third-order valence-corrected chi connectivity index (χ3v) is 10.4. The SMILES string of the molecule is CC.CCS(C)(OCCc1cccc2c(-c3ccccc3)c(CC(=O)O)cnc12)C(C)(C)C. The molecule has 0 spiro atoms. The number of aromatic nitrogens is 1. The molecule has 2 aromatic carbocycles. The highest BCUT2D eigenvalue weighted by Gasteiger charge is 2.31. The number of para-hydroxylation sites is 1. The van der Waals surface area contributed by atoms with Crippen LogP contribution in [0.3, 0.4) is 0 Å². The Morgan fingerprint density at radius 1 is 1.03 bits per heavy atom. The number of carboxylic acid groups (broad SMARTS) is 1. The molecule has 0 saturated heterocycles. The number of carboxylic acids is 1. The summed E-state index contributed by atoms with van der Waals surface area (Å²) in [5, 5.41) is 10.4. The van der Waals surface area contributed by atoms with Crippen molar-refractivity contribution in [3.8, 4) is 11.1 Å². The van der Waals surface area contributed by atoms with E-state index in [1.807, 2.05) is 56.3 Å². The summed E-state index contributed by atoms with van der Waals surface area (Å²) in [6.45, 7) is 13.6. The van der Waals surface area contributed by atoms with Crippen LogP contribution in [-0.4, -0.2) is 39.4 Å². The van der Waals surface area contributed by atoms with Crippen molar-refractivity contribution >= 4 is 27.2 Å². The van der Waals surface area contributed by atoms with Crippen molar-refractivity contribution in [3.63, 3.8) is 0 Å². The third kappa shape index (κ3) is 6.36. The molecule has 33 heavy (non-hydrogen) atoms. The number of hydrogen-bond acceptors (Lipinski definition) is 3. The fourth-order valence-corrected chi connectivity index (χ4v) is 5.64. The van der Waals surface area contributed by atoms with Crippen molar-refractivity contribution in [2.45, 2.75) is 59.1 Å². The molecule has 3 aromatic rings. The molecule has 0 saturated carbocycles. The second-order valence-corrected chi connectivity index (χ2v) is 12.9. The van der Waals surface area contributed by atoms with Gasteiger partial charge in [0.25, 0.3) is 0 Å². The Kier molecular flexibility index (Phi) is 9.50. The van der Waals surface area contributed by atoms with E-state index in [9.17, 15) is 9.90 Å². The molecule has 3 rings (SSSR count). The van der Waals surface area contributed by atoms with Crippen LogP contribution in [0.4, 0.5) is 0 Å². The zero-order chi connectivity index (χ0) is 24.6. The first-order chi connectivity index (χ1) is 15.7. The molecule has 5 heteroatoms. The molecule has 0 aliphatic carbocycles. The molecule has 0 aliphatic heterocycles. The molecule has 1 unspecified atom stereocenters. The standard InChI is InChI=1S/C26H33NO3S.C2H6/c1-6-31(5,26(2,3)4)30-16-15-20-13-10-14-22-24(19-11-8-7-9-12-19)21(17-23(28)29)18-27-25(20)22;1-2/h7-14,18H,6,15-17H2,1-5H3,(H,28,29);1-2H3. The molecule has 0 bridgehead atoms. The minimum atomic E-state index is -1.17. The van der Waals surface area contributed by atoms with E-state index in [-0.39, 0.29) is 11.2 Å². The zero-order valence-electron chi connectivity index (χ0n) is 21.1. The average molecular weight is 470 g/mol. The van der Waals surface area contributed by atoms with E-state index in [1.54, 1.807) is 6.20 Å². The van der Waals surface area contributed by atoms with Gasteiger partial charge in [0, 0.05) is 16.3 Å². The van der Waals surface area contributed by atoms with Crippen LogP contribution in [0.1, 0.15) is 52.7 Å². The first kappa shape index (κ1) is 26.9. The van der Waals surface area contributed by atoms with Crippen LogP contribution in [0.25, 0.3) is 22.0 Å². The number of fused-ring (bicyclic) bond motifs is 1. The lowest BCUT2D eigenvalue weighted by atomic mass is 9.93. The minimum absolute atomic E-state index is 0.0513. The third-order valence-electron chi connectivity index (χ3n) is 6.02. The Hall–Kier alpha value is -2.37. The molecular weight excluding hydrogens is 430 g/mol. The number of nitrogens with zero attached hydrogens (tertiary/aromatic N) is 1. The van der Waals surface area contributed by atoms with E-state index in [4.69, 9.17) is 9.17 Å². The van der Waals surface area contributed by atoms with Gasteiger partial charge in [0.15, 0.2) is 0 Å². The lowest BCUT2D eigenvalue weighted by Gasteiger charge is -2.46. The molecule has 1 heterocycles. The molecule has 0 aliphatic rings. The van der Waals surface area contributed by atoms with Crippen LogP contribution in [0.2, 0.25) is 0 Å². The highest BCUT2D eigenvalue weighted by molar-refractivity contribution is 8.30. The summed E-state index contributed by atoms with van der Waals surface area (Å²) in [7, 11) is -1.17. The van der Waals surface area contributed by atoms with Crippen LogP contribution >= 0.6 is 10.3 Å². The van der Waals surface area contributed by atoms with Crippen LogP contribution in [0, 0.1) is 0 Å². The van der Waals surface area contributed by atoms with Gasteiger partial charge >= 0.3 is 5.97 Å². The second kappa shape index (κ2) is 11.7. The summed E-state index contributed by atoms with van der Waals surface area (Å²) in [5.74, 6) is 0.174. The number of pyridine rings is 1. The molecule has 1 atom stereocenters. The lowest BCUT2D eigenvalue weighted by molar-refractivity contribution is -0.136. The van der Waals surface area contributed by atoms with E-state index in [0.717, 1.165) is 45.3 Å². The number of hydrogen-bond donors (Lipinski definition) is 1. The Morgan fingerprint density at radius 2 is 1.70 bits per heavy atom. The van der Waals surface area contributed by atoms with Gasteiger partial charge in [-0.05, 0) is 40.7 Å². The van der Waals surface area contributed by atoms with Crippen molar-refractivity contribution in [1.29, 1.82) is 0 Å². The predicted molar refractivity (Wildman–Crippen MR) is 143 cm³/mol. The minimum Gasteiger partial charge on any atom is -0.481 e. The van der Waals surface area contributed by atoms with Crippen LogP contribution < -0.4 is 0 Å². The molecule has 0 radical (unpaired) electrons. The summed E-state index contributed by atoms with van der Waals surface area (Å²) in [6.07, 6.45) is 4.71. The normalized spacial score (nSPS) is 14.2. The zero-order valence-corrected chi connectivity index (χ0v) is 22.0. The highest BCUT2D eigenvalue weighted by Crippen LogP contribution is 2.56. The summed E-state index contributed by atoms with van der Waals surface area (Å²) in [6, 6.07) is 16.1. The van der Waals surface area contributed by atoms with E-state index in [1.165, 1.54) is 0 Å². The van der Waals surface area contributed by atoms with Crippen LogP contribution in [-0.2, 0) is 21.8 Å². The molecular formula is C28H39NO3S. The number of rotatable bonds is 8. The first-order valence-electron chi connectivity index (χ1n) is 11.7. The molecule has 1 aromatic heterocycles. The summed E-state index contributed by atoms with van der Waals surface area (Å²) >= 11 is 0. The van der Waals surface area contributed by atoms with Gasteiger partial charge in [-0.25, -0.2) is 0 Å². The van der Waals surface area contributed by atoms with Gasteiger partial charge in [0.2, 0.25) is 0 Å². The predicted octanol–water partition coefficient (Wildman–Crippen LogP) is 7.28. The van der Waals surface area contributed by atoms with Crippen LogP contribution in [0.5, 0.6) is 0 Å². The summed E-state index contributed by atoms with van der Waals surface area (Å²) < 4.78 is 6.60. The maximum Gasteiger partial charge on any atom is 0.307 e. The largest absolute Gasteiger partial charge is 0.481 e. The maximum atomic E-state index is 11.5. The molecule has 4 nitrogen and oxygen atoms in total. The van der Waals surface area contributed by atoms with Crippen LogP contribution in [0.15, 0.2) is 54.7 Å². The monoisotopic (exact) mass is 469 g/mol. The van der Waals surface area contributed by atoms with Crippen molar-refractivity contribution in [2.75, 3.05) is 18.6 Å². The Bertz CT molecular complexity index is 1060. The molecule has 0 fully saturated rings. The van der Waals surface area contributed by atoms with Crippen molar-refractivity contribution in [2.24, 2.45) is 0 Å². The van der Waals surface area contributed by atoms with Crippen molar-refractivity contribution in [1.82, 2.24) is 4.98 Å². The Balaban J connectivity index is 0.00000187. The topological polar surface area (TPSA) is 59.4 Å². The highest BCUT2D eigenvalue weighted by atomic mass is 32.3. The van der Waals surface area contributed by atoms with E-state index in [2.05, 4.69) is 40.0 Å². The molecule has 180 valence electrons. The van der Waals surface area contributed by atoms with Gasteiger partial charge in [-0.2, -0.15) is 0 Å². The Morgan fingerprint density at radius 3 is 2.27 bits per heavy atom. The average Bonchev–Trinajstić information content (AvgIpc) is 2.79. The van der Waals surface area contributed by atoms with Crippen molar-refractivity contribution < 1.29 is 14.1 Å². The van der Waals surface area contributed by atoms with Gasteiger partial charge in [-0.1, -0.05) is 90.1 Å². The summed E-state index contributed by atoms with van der Waals surface area (Å²) in [5.41, 5.74) is 4.74. The van der Waals surface area contributed by atoms with E-state index < -0.39 is 16.3 Å². The molecule has 0 amide bonds. The quantitative estimate of drug-likeness (QED) is 0.376. The van der Waals surface area contributed by atoms with Gasteiger partial charge < -0.3 is 9.29 Å². The number of benzene rings is 2. The van der Waals surface area contributed by atoms with E-state index >= 15 is 0 Å². The lowest BCUT2D eigenvalue weighted by Crippen LogP contribution is -2.28. The van der Waals surface area contributed by atoms with Gasteiger partial charge in [0.1, 0.15) is 0 Å². The first-order valence-corrected chi connectivity index (χ1v) is 13.9. The van der Waals surface area contributed by atoms with Gasteiger partial charge in [-0.15, -0.1) is 10.3 Å². The number of aliphatic carboxylic acids is 1. The van der Waals surface area contributed by atoms with Gasteiger partial charge in [-0.3, -0.25) is 9.78 Å². The second-order valence-electron chi connectivity index (χ2n) is 8.89. The fourth-order valence-electron chi connectivity index (χ4n) is 3.80. The number of carbonyl (C=O) groups is 1. The summed E-state index contributed by atoms with van der Waals surface area (Å²) in [4.78, 5) is 16.2. The molecule has 1 N–H and O–H groups in total. The smallest absolute Gasteiger partial charge is 0.307 e. The van der Waals surface area contributed by atoms with E-state index in [0.29, 0.717) is 6.61 Å². The van der Waals surface area contributed by atoms with Crippen molar-refractivity contribution in [3.05, 3.63) is 65.9 Å².